The molecule has 31 heavy (non-hydrogen) atoms. The largest absolute Gasteiger partial charge is 0.455 e. The van der Waals surface area contributed by atoms with Crippen LogP contribution in [0.5, 0.6) is 0 Å². The Morgan fingerprint density at radius 1 is 1.00 bits per heavy atom. The summed E-state index contributed by atoms with van der Waals surface area (Å²) in [6.45, 7) is 5.21. The predicted octanol–water partition coefficient (Wildman–Crippen LogP) is 4.58. The summed E-state index contributed by atoms with van der Waals surface area (Å²) in [4.78, 5) is 17.3. The molecule has 0 atom stereocenters. The Labute approximate surface area is 184 Å². The molecule has 2 heterocycles. The zero-order valence-corrected chi connectivity index (χ0v) is 18.3. The number of benzene rings is 1. The van der Waals surface area contributed by atoms with E-state index in [4.69, 9.17) is 4.42 Å². The molecule has 6 heteroatoms. The van der Waals surface area contributed by atoms with Crippen molar-refractivity contribution in [3.63, 3.8) is 0 Å². The standard InChI is InChI=1S/C25H34FN3O2/c26-21-10-8-20(9-11-21)18-29(22-6-2-1-3-7-22)19-23-12-13-24(31-23)25(30)27-14-17-28-15-4-5-16-28/h8-13,22H,1-7,14-19H2,(H,27,30). The second kappa shape index (κ2) is 10.9. The van der Waals surface area contributed by atoms with E-state index < -0.39 is 0 Å². The van der Waals surface area contributed by atoms with E-state index >= 15 is 0 Å². The topological polar surface area (TPSA) is 48.7 Å². The number of carbonyl (C=O) groups excluding carboxylic acids is 1. The lowest BCUT2D eigenvalue weighted by Crippen LogP contribution is -2.35. The minimum atomic E-state index is -0.209. The van der Waals surface area contributed by atoms with Gasteiger partial charge in [0.1, 0.15) is 11.6 Å². The molecule has 0 bridgehead atoms. The van der Waals surface area contributed by atoms with Gasteiger partial charge in [-0.2, -0.15) is 0 Å². The highest BCUT2D eigenvalue weighted by atomic mass is 19.1. The first kappa shape index (κ1) is 22.0. The molecule has 0 radical (unpaired) electrons. The van der Waals surface area contributed by atoms with Crippen LogP contribution < -0.4 is 5.32 Å². The van der Waals surface area contributed by atoms with E-state index in [1.807, 2.05) is 18.2 Å². The molecule has 0 unspecified atom stereocenters. The van der Waals surface area contributed by atoms with Gasteiger partial charge in [0.05, 0.1) is 6.54 Å². The molecule has 5 nitrogen and oxygen atoms in total. The fourth-order valence-electron chi connectivity index (χ4n) is 4.79. The Balaban J connectivity index is 1.35. The molecule has 1 saturated heterocycles. The first-order chi connectivity index (χ1) is 15.2. The van der Waals surface area contributed by atoms with Crippen molar-refractivity contribution in [3.8, 4) is 0 Å². The summed E-state index contributed by atoms with van der Waals surface area (Å²) in [5.74, 6) is 0.826. The summed E-state index contributed by atoms with van der Waals surface area (Å²) in [6, 6.07) is 10.9. The van der Waals surface area contributed by atoms with Crippen molar-refractivity contribution >= 4 is 5.91 Å². The van der Waals surface area contributed by atoms with E-state index in [0.29, 0.717) is 24.9 Å². The van der Waals surface area contributed by atoms with Gasteiger partial charge in [-0.3, -0.25) is 9.69 Å². The lowest BCUT2D eigenvalue weighted by atomic mass is 9.93. The van der Waals surface area contributed by atoms with E-state index in [1.165, 1.54) is 57.1 Å². The molecule has 1 aromatic carbocycles. The summed E-state index contributed by atoms with van der Waals surface area (Å²) >= 11 is 0. The van der Waals surface area contributed by atoms with E-state index in [0.717, 1.165) is 37.5 Å². The highest BCUT2D eigenvalue weighted by Gasteiger charge is 2.23. The maximum atomic E-state index is 13.3. The number of amides is 1. The fraction of sp³-hybridized carbons (Fsp3) is 0.560. The van der Waals surface area contributed by atoms with Crippen LogP contribution in [0.4, 0.5) is 4.39 Å². The number of hydrogen-bond acceptors (Lipinski definition) is 4. The molecule has 1 aliphatic heterocycles. The van der Waals surface area contributed by atoms with Crippen molar-refractivity contribution in [1.29, 1.82) is 0 Å². The highest BCUT2D eigenvalue weighted by Crippen LogP contribution is 2.26. The van der Waals surface area contributed by atoms with E-state index in [1.54, 1.807) is 6.07 Å². The van der Waals surface area contributed by atoms with Crippen LogP contribution >= 0.6 is 0 Å². The van der Waals surface area contributed by atoms with Gasteiger partial charge in [-0.1, -0.05) is 31.4 Å². The zero-order valence-electron chi connectivity index (χ0n) is 18.3. The SMILES string of the molecule is O=C(NCCN1CCCC1)c1ccc(CN(Cc2ccc(F)cc2)C2CCCCC2)o1. The zero-order chi connectivity index (χ0) is 21.5. The van der Waals surface area contributed by atoms with Crippen LogP contribution in [-0.2, 0) is 13.1 Å². The quantitative estimate of drug-likeness (QED) is 0.636. The molecule has 2 aromatic rings. The fourth-order valence-corrected chi connectivity index (χ4v) is 4.79. The third-order valence-electron chi connectivity index (χ3n) is 6.55. The number of hydrogen-bond donors (Lipinski definition) is 1. The Morgan fingerprint density at radius 3 is 2.48 bits per heavy atom. The number of carbonyl (C=O) groups is 1. The minimum Gasteiger partial charge on any atom is -0.455 e. The first-order valence-electron chi connectivity index (χ1n) is 11.7. The van der Waals surface area contributed by atoms with Gasteiger partial charge in [-0.25, -0.2) is 4.39 Å². The first-order valence-corrected chi connectivity index (χ1v) is 11.7. The summed E-state index contributed by atoms with van der Waals surface area (Å²) in [7, 11) is 0. The van der Waals surface area contributed by atoms with Crippen molar-refractivity contribution in [2.24, 2.45) is 0 Å². The Hall–Kier alpha value is -2.18. The van der Waals surface area contributed by atoms with Gasteiger partial charge in [0.2, 0.25) is 0 Å². The number of rotatable bonds is 9. The van der Waals surface area contributed by atoms with Crippen LogP contribution in [0.3, 0.4) is 0 Å². The van der Waals surface area contributed by atoms with Gasteiger partial charge in [-0.15, -0.1) is 0 Å². The maximum absolute atomic E-state index is 13.3. The number of likely N-dealkylation sites (tertiary alicyclic amines) is 1. The van der Waals surface area contributed by atoms with Crippen LogP contribution in [0.2, 0.25) is 0 Å². The number of furan rings is 1. The van der Waals surface area contributed by atoms with Crippen LogP contribution in [0.1, 0.15) is 66.8 Å². The van der Waals surface area contributed by atoms with Crippen LogP contribution in [0.25, 0.3) is 0 Å². The van der Waals surface area contributed by atoms with Crippen molar-refractivity contribution < 1.29 is 13.6 Å². The summed E-state index contributed by atoms with van der Waals surface area (Å²) < 4.78 is 19.2. The van der Waals surface area contributed by atoms with Crippen molar-refractivity contribution in [2.45, 2.75) is 64.1 Å². The Morgan fingerprint density at radius 2 is 1.74 bits per heavy atom. The molecule has 1 N–H and O–H groups in total. The van der Waals surface area contributed by atoms with E-state index in [9.17, 15) is 9.18 Å². The average Bonchev–Trinajstić information content (AvgIpc) is 3.48. The third kappa shape index (κ3) is 6.40. The van der Waals surface area contributed by atoms with Gasteiger partial charge in [0, 0.05) is 25.7 Å². The van der Waals surface area contributed by atoms with E-state index in [-0.39, 0.29) is 11.7 Å². The van der Waals surface area contributed by atoms with Crippen molar-refractivity contribution in [1.82, 2.24) is 15.1 Å². The molecular formula is C25H34FN3O2. The average molecular weight is 428 g/mol. The van der Waals surface area contributed by atoms with Gasteiger partial charge in [0.15, 0.2) is 5.76 Å². The highest BCUT2D eigenvalue weighted by molar-refractivity contribution is 5.91. The van der Waals surface area contributed by atoms with Crippen LogP contribution in [-0.4, -0.2) is 47.9 Å². The van der Waals surface area contributed by atoms with Gasteiger partial charge < -0.3 is 14.6 Å². The molecule has 1 aromatic heterocycles. The second-order valence-corrected chi connectivity index (χ2v) is 8.89. The maximum Gasteiger partial charge on any atom is 0.287 e. The van der Waals surface area contributed by atoms with E-state index in [2.05, 4.69) is 15.1 Å². The number of nitrogens with one attached hydrogen (secondary N) is 1. The monoisotopic (exact) mass is 427 g/mol. The predicted molar refractivity (Wildman–Crippen MR) is 119 cm³/mol. The molecule has 0 spiro atoms. The van der Waals surface area contributed by atoms with Gasteiger partial charge in [-0.05, 0) is 68.6 Å². The van der Waals surface area contributed by atoms with Crippen molar-refractivity contribution in [2.75, 3.05) is 26.2 Å². The smallest absolute Gasteiger partial charge is 0.287 e. The minimum absolute atomic E-state index is 0.145. The third-order valence-corrected chi connectivity index (χ3v) is 6.55. The van der Waals surface area contributed by atoms with Crippen LogP contribution in [0.15, 0.2) is 40.8 Å². The molecule has 2 aliphatic rings. The molecule has 1 aliphatic carbocycles. The van der Waals surface area contributed by atoms with Crippen molar-refractivity contribution in [3.05, 3.63) is 59.3 Å². The van der Waals surface area contributed by atoms with Gasteiger partial charge in [0.25, 0.3) is 5.91 Å². The molecule has 4 rings (SSSR count). The summed E-state index contributed by atoms with van der Waals surface area (Å²) in [5, 5.41) is 2.98. The van der Waals surface area contributed by atoms with Gasteiger partial charge >= 0.3 is 0 Å². The number of nitrogens with zero attached hydrogens (tertiary/aromatic N) is 2. The summed E-state index contributed by atoms with van der Waals surface area (Å²) in [6.07, 6.45) is 8.64. The lowest BCUT2D eigenvalue weighted by molar-refractivity contribution is 0.0912. The molecule has 1 amide bonds. The normalized spacial score (nSPS) is 18.0. The summed E-state index contributed by atoms with van der Waals surface area (Å²) in [5.41, 5.74) is 1.10. The Bertz CT molecular complexity index is 824. The molecular weight excluding hydrogens is 393 g/mol. The number of halogens is 1. The van der Waals surface area contributed by atoms with Crippen LogP contribution in [0, 0.1) is 5.82 Å². The lowest BCUT2D eigenvalue weighted by Gasteiger charge is -2.34. The molecule has 1 saturated carbocycles. The Kier molecular flexibility index (Phi) is 7.76. The molecule has 168 valence electrons. The second-order valence-electron chi connectivity index (χ2n) is 8.89. The molecule has 2 fully saturated rings.